The zero-order valence-corrected chi connectivity index (χ0v) is 15.2. The van der Waals surface area contributed by atoms with Crippen LogP contribution in [0.1, 0.15) is 15.9 Å². The molecule has 1 N–H and O–H groups in total. The number of aromatic nitrogens is 2. The number of amides is 1. The van der Waals surface area contributed by atoms with Gasteiger partial charge >= 0.3 is 6.18 Å². The van der Waals surface area contributed by atoms with Gasteiger partial charge in [0.05, 0.1) is 34.2 Å². The van der Waals surface area contributed by atoms with Crippen LogP contribution < -0.4 is 5.32 Å². The molecule has 0 bridgehead atoms. The number of benzene rings is 2. The number of carbonyl (C=O) groups is 1. The van der Waals surface area contributed by atoms with E-state index in [1.165, 1.54) is 36.5 Å². The number of halogens is 4. The Hall–Kier alpha value is -3.81. The SMILES string of the molecule is O=C(Nc1cccnc1)c1ccc(F)c2ccc(-c3cccc(C(F)(F)F)c3)nc12. The van der Waals surface area contributed by atoms with Gasteiger partial charge in [0.15, 0.2) is 0 Å². The van der Waals surface area contributed by atoms with E-state index in [0.717, 1.165) is 18.2 Å². The Bertz CT molecular complexity index is 1240. The Balaban J connectivity index is 1.80. The van der Waals surface area contributed by atoms with Crippen LogP contribution in [0.25, 0.3) is 22.2 Å². The van der Waals surface area contributed by atoms with Gasteiger partial charge in [0.2, 0.25) is 0 Å². The molecule has 0 aliphatic carbocycles. The minimum atomic E-state index is -4.51. The molecule has 0 fully saturated rings. The molecule has 0 unspecified atom stereocenters. The predicted octanol–water partition coefficient (Wildman–Crippen LogP) is 5.71. The number of rotatable bonds is 3. The van der Waals surface area contributed by atoms with Gasteiger partial charge in [0.1, 0.15) is 5.82 Å². The number of fused-ring (bicyclic) bond motifs is 1. The van der Waals surface area contributed by atoms with E-state index in [1.54, 1.807) is 18.3 Å². The molecule has 0 aliphatic rings. The summed E-state index contributed by atoms with van der Waals surface area (Å²) in [5.74, 6) is -1.13. The second-order valence-corrected chi connectivity index (χ2v) is 6.46. The first-order valence-corrected chi connectivity index (χ1v) is 8.81. The molecule has 2 heterocycles. The standard InChI is InChI=1S/C22H13F4N3O/c23-18-8-6-17(21(30)28-15-5-2-10-27-12-15)20-16(18)7-9-19(29-20)13-3-1-4-14(11-13)22(24,25)26/h1-12H,(H,28,30). The van der Waals surface area contributed by atoms with Crippen LogP contribution in [0.15, 0.2) is 73.1 Å². The van der Waals surface area contributed by atoms with E-state index in [2.05, 4.69) is 15.3 Å². The van der Waals surface area contributed by atoms with Gasteiger partial charge in [0.25, 0.3) is 5.91 Å². The molecule has 0 spiro atoms. The summed E-state index contributed by atoms with van der Waals surface area (Å²) in [7, 11) is 0. The molecule has 8 heteroatoms. The predicted molar refractivity (Wildman–Crippen MR) is 104 cm³/mol. The van der Waals surface area contributed by atoms with E-state index in [0.29, 0.717) is 5.69 Å². The Labute approximate surface area is 168 Å². The largest absolute Gasteiger partial charge is 0.416 e. The fourth-order valence-electron chi connectivity index (χ4n) is 3.02. The number of nitrogens with zero attached hydrogens (tertiary/aromatic N) is 2. The van der Waals surface area contributed by atoms with Gasteiger partial charge in [-0.2, -0.15) is 13.2 Å². The zero-order valence-electron chi connectivity index (χ0n) is 15.2. The monoisotopic (exact) mass is 411 g/mol. The minimum absolute atomic E-state index is 0.0475. The topological polar surface area (TPSA) is 54.9 Å². The van der Waals surface area contributed by atoms with Crippen LogP contribution in [0.4, 0.5) is 23.2 Å². The molecule has 1 amide bonds. The molecule has 4 rings (SSSR count). The maximum Gasteiger partial charge on any atom is 0.416 e. The van der Waals surface area contributed by atoms with Crippen molar-refractivity contribution >= 4 is 22.5 Å². The lowest BCUT2D eigenvalue weighted by Gasteiger charge is -2.11. The van der Waals surface area contributed by atoms with Crippen LogP contribution in [-0.4, -0.2) is 15.9 Å². The van der Waals surface area contributed by atoms with E-state index in [4.69, 9.17) is 0 Å². The van der Waals surface area contributed by atoms with Gasteiger partial charge in [0, 0.05) is 17.1 Å². The highest BCUT2D eigenvalue weighted by atomic mass is 19.4. The first-order chi connectivity index (χ1) is 14.3. The molecule has 0 saturated heterocycles. The molecule has 4 nitrogen and oxygen atoms in total. The fourth-order valence-corrected chi connectivity index (χ4v) is 3.02. The summed E-state index contributed by atoms with van der Waals surface area (Å²) >= 11 is 0. The second-order valence-electron chi connectivity index (χ2n) is 6.46. The Morgan fingerprint density at radius 2 is 1.80 bits per heavy atom. The third-order valence-electron chi connectivity index (χ3n) is 4.45. The Morgan fingerprint density at radius 3 is 2.53 bits per heavy atom. The van der Waals surface area contributed by atoms with Gasteiger partial charge in [-0.25, -0.2) is 9.37 Å². The Kier molecular flexibility index (Phi) is 4.91. The summed E-state index contributed by atoms with van der Waals surface area (Å²) in [6.07, 6.45) is -1.51. The van der Waals surface area contributed by atoms with E-state index >= 15 is 0 Å². The van der Waals surface area contributed by atoms with Crippen molar-refractivity contribution in [2.75, 3.05) is 5.32 Å². The smallest absolute Gasteiger partial charge is 0.321 e. The maximum absolute atomic E-state index is 14.3. The van der Waals surface area contributed by atoms with Crippen molar-refractivity contribution in [2.45, 2.75) is 6.18 Å². The highest BCUT2D eigenvalue weighted by Crippen LogP contribution is 2.32. The lowest BCUT2D eigenvalue weighted by molar-refractivity contribution is -0.137. The minimum Gasteiger partial charge on any atom is -0.321 e. The van der Waals surface area contributed by atoms with Crippen molar-refractivity contribution < 1.29 is 22.4 Å². The van der Waals surface area contributed by atoms with Gasteiger partial charge in [-0.1, -0.05) is 12.1 Å². The molecule has 150 valence electrons. The quantitative estimate of drug-likeness (QED) is 0.440. The molecular formula is C22H13F4N3O. The lowest BCUT2D eigenvalue weighted by Crippen LogP contribution is -2.13. The van der Waals surface area contributed by atoms with Crippen LogP contribution in [-0.2, 0) is 6.18 Å². The summed E-state index contributed by atoms with van der Waals surface area (Å²) in [6.45, 7) is 0. The molecular weight excluding hydrogens is 398 g/mol. The van der Waals surface area contributed by atoms with Crippen LogP contribution >= 0.6 is 0 Å². The van der Waals surface area contributed by atoms with Crippen LogP contribution in [0, 0.1) is 5.82 Å². The van der Waals surface area contributed by atoms with Crippen LogP contribution in [0.5, 0.6) is 0 Å². The first kappa shape index (κ1) is 19.5. The summed E-state index contributed by atoms with van der Waals surface area (Å²) in [4.78, 5) is 20.9. The highest BCUT2D eigenvalue weighted by Gasteiger charge is 2.30. The number of alkyl halides is 3. The summed E-state index contributed by atoms with van der Waals surface area (Å²) < 4.78 is 53.4. The fraction of sp³-hybridized carbons (Fsp3) is 0.0455. The molecule has 4 aromatic rings. The molecule has 2 aromatic heterocycles. The summed E-state index contributed by atoms with van der Waals surface area (Å²) in [6, 6.07) is 13.2. The first-order valence-electron chi connectivity index (χ1n) is 8.81. The number of anilines is 1. The number of carbonyl (C=O) groups excluding carboxylic acids is 1. The number of hydrogen-bond acceptors (Lipinski definition) is 3. The molecule has 0 atom stereocenters. The van der Waals surface area contributed by atoms with E-state index < -0.39 is 23.5 Å². The molecule has 0 radical (unpaired) electrons. The van der Waals surface area contributed by atoms with Crippen molar-refractivity contribution in [2.24, 2.45) is 0 Å². The lowest BCUT2D eigenvalue weighted by atomic mass is 10.0. The van der Waals surface area contributed by atoms with Crippen molar-refractivity contribution in [1.29, 1.82) is 0 Å². The van der Waals surface area contributed by atoms with Crippen molar-refractivity contribution in [1.82, 2.24) is 9.97 Å². The second kappa shape index (κ2) is 7.55. The molecule has 30 heavy (non-hydrogen) atoms. The maximum atomic E-state index is 14.3. The van der Waals surface area contributed by atoms with Gasteiger partial charge in [-0.05, 0) is 48.5 Å². The van der Waals surface area contributed by atoms with Gasteiger partial charge in [-0.15, -0.1) is 0 Å². The van der Waals surface area contributed by atoms with Crippen molar-refractivity contribution in [3.8, 4) is 11.3 Å². The third-order valence-corrected chi connectivity index (χ3v) is 4.45. The van der Waals surface area contributed by atoms with E-state index in [9.17, 15) is 22.4 Å². The van der Waals surface area contributed by atoms with Crippen LogP contribution in [0.3, 0.4) is 0 Å². The van der Waals surface area contributed by atoms with E-state index in [-0.39, 0.29) is 27.7 Å². The number of nitrogens with one attached hydrogen (secondary N) is 1. The Morgan fingerprint density at radius 1 is 0.967 bits per heavy atom. The molecule has 2 aromatic carbocycles. The highest BCUT2D eigenvalue weighted by molar-refractivity contribution is 6.12. The number of pyridine rings is 2. The molecule has 0 aliphatic heterocycles. The van der Waals surface area contributed by atoms with Crippen molar-refractivity contribution in [3.05, 3.63) is 90.0 Å². The van der Waals surface area contributed by atoms with Crippen LogP contribution in [0.2, 0.25) is 0 Å². The van der Waals surface area contributed by atoms with Gasteiger partial charge < -0.3 is 5.32 Å². The average Bonchev–Trinajstić information content (AvgIpc) is 2.74. The average molecular weight is 411 g/mol. The molecule has 0 saturated carbocycles. The zero-order chi connectivity index (χ0) is 21.3. The van der Waals surface area contributed by atoms with Gasteiger partial charge in [-0.3, -0.25) is 9.78 Å². The van der Waals surface area contributed by atoms with Crippen molar-refractivity contribution in [3.63, 3.8) is 0 Å². The number of hydrogen-bond donors (Lipinski definition) is 1. The summed E-state index contributed by atoms with van der Waals surface area (Å²) in [5.41, 5.74) is 0.143. The normalized spacial score (nSPS) is 11.5. The summed E-state index contributed by atoms with van der Waals surface area (Å²) in [5, 5.41) is 2.73. The van der Waals surface area contributed by atoms with E-state index in [1.807, 2.05) is 0 Å². The third kappa shape index (κ3) is 3.84.